The normalized spacial score (nSPS) is 16.1. The molecule has 3 rings (SSSR count). The summed E-state index contributed by atoms with van der Waals surface area (Å²) in [5.74, 6) is 0.460. The van der Waals surface area contributed by atoms with Gasteiger partial charge in [0.25, 0.3) is 0 Å². The van der Waals surface area contributed by atoms with Gasteiger partial charge in [0.1, 0.15) is 17.1 Å². The van der Waals surface area contributed by atoms with Gasteiger partial charge in [-0.15, -0.1) is 0 Å². The lowest BCUT2D eigenvalue weighted by Gasteiger charge is -2.33. The van der Waals surface area contributed by atoms with E-state index >= 15 is 0 Å². The second kappa shape index (κ2) is 7.84. The molecule has 1 aromatic carbocycles. The first-order valence-electron chi connectivity index (χ1n) is 8.77. The van der Waals surface area contributed by atoms with E-state index in [9.17, 15) is 4.79 Å². The molecule has 0 bridgehead atoms. The van der Waals surface area contributed by atoms with E-state index < -0.39 is 0 Å². The Morgan fingerprint density at radius 3 is 2.67 bits per heavy atom. The van der Waals surface area contributed by atoms with Gasteiger partial charge in [-0.05, 0) is 24.0 Å². The molecule has 0 fully saturated rings. The van der Waals surface area contributed by atoms with Gasteiger partial charge >= 0.3 is 0 Å². The first-order valence-corrected chi connectivity index (χ1v) is 9.18. The number of nitrogens with one attached hydrogen (secondary N) is 2. The van der Waals surface area contributed by atoms with Crippen LogP contribution in [0.3, 0.4) is 0 Å². The van der Waals surface area contributed by atoms with E-state index in [4.69, 9.17) is 18.0 Å². The number of thiocarbonyl (C=S) groups is 1. The average molecular weight is 382 g/mol. The fraction of sp³-hybridized carbons (Fsp3) is 0.300. The number of hydrogen-bond acceptors (Lipinski definition) is 6. The number of allylic oxidation sites excluding steroid dienone is 1. The quantitative estimate of drug-likeness (QED) is 0.685. The monoisotopic (exact) mass is 381 g/mol. The van der Waals surface area contributed by atoms with Crippen LogP contribution in [0.25, 0.3) is 0 Å². The van der Waals surface area contributed by atoms with Gasteiger partial charge in [0.05, 0.1) is 17.8 Å². The molecule has 0 aliphatic heterocycles. The lowest BCUT2D eigenvalue weighted by Crippen LogP contribution is -2.35. The summed E-state index contributed by atoms with van der Waals surface area (Å²) in [6.07, 6.45) is 2.62. The third-order valence-corrected chi connectivity index (χ3v) is 4.67. The van der Waals surface area contributed by atoms with Crippen LogP contribution in [0.15, 0.2) is 54.0 Å². The topological polar surface area (TPSA) is 92.9 Å². The standard InChI is InChI=1S/C20H23N5OS/c1-20(2)9-15(22-11-14-8-17(21)24-12-23-14)18(16(26)10-20)19(27)25-13-6-4-3-5-7-13/h3-8,12,22H,9-11H2,1-2H3,(H,25,27)(H2,21,23,24). The molecule has 1 aliphatic carbocycles. The van der Waals surface area contributed by atoms with Crippen molar-refractivity contribution in [3.63, 3.8) is 0 Å². The highest BCUT2D eigenvalue weighted by molar-refractivity contribution is 7.81. The summed E-state index contributed by atoms with van der Waals surface area (Å²) in [6, 6.07) is 11.3. The minimum absolute atomic E-state index is 0.0457. The van der Waals surface area contributed by atoms with Crippen molar-refractivity contribution in [3.05, 3.63) is 59.7 Å². The Labute approximate surface area is 164 Å². The molecule has 0 radical (unpaired) electrons. The molecule has 0 unspecified atom stereocenters. The molecule has 0 amide bonds. The van der Waals surface area contributed by atoms with E-state index in [2.05, 4.69) is 34.4 Å². The van der Waals surface area contributed by atoms with Crippen molar-refractivity contribution < 1.29 is 4.79 Å². The SMILES string of the molecule is CC1(C)CC(=O)C(C(=S)Nc2ccccc2)=C(NCc2cc(N)ncn2)C1. The molecule has 0 atom stereocenters. The lowest BCUT2D eigenvalue weighted by atomic mass is 9.75. The van der Waals surface area contributed by atoms with Crippen molar-refractivity contribution in [3.8, 4) is 0 Å². The maximum Gasteiger partial charge on any atom is 0.168 e. The number of carbonyl (C=O) groups is 1. The average Bonchev–Trinajstić information content (AvgIpc) is 2.59. The summed E-state index contributed by atoms with van der Waals surface area (Å²) in [5, 5.41) is 6.53. The zero-order valence-corrected chi connectivity index (χ0v) is 16.3. The number of nitrogen functional groups attached to an aromatic ring is 1. The highest BCUT2D eigenvalue weighted by Crippen LogP contribution is 2.36. The molecule has 27 heavy (non-hydrogen) atoms. The molecule has 4 N–H and O–H groups in total. The van der Waals surface area contributed by atoms with E-state index in [-0.39, 0.29) is 11.2 Å². The predicted octanol–water partition coefficient (Wildman–Crippen LogP) is 3.23. The Hall–Kier alpha value is -2.80. The second-order valence-electron chi connectivity index (χ2n) is 7.40. The molecule has 0 spiro atoms. The molecule has 1 heterocycles. The molecular weight excluding hydrogens is 358 g/mol. The summed E-state index contributed by atoms with van der Waals surface area (Å²) < 4.78 is 0. The summed E-state index contributed by atoms with van der Waals surface area (Å²) in [5.41, 5.74) is 8.59. The maximum absolute atomic E-state index is 12.8. The number of ketones is 1. The maximum atomic E-state index is 12.8. The predicted molar refractivity (Wildman–Crippen MR) is 111 cm³/mol. The third-order valence-electron chi connectivity index (χ3n) is 4.36. The minimum atomic E-state index is -0.129. The number of benzene rings is 1. The lowest BCUT2D eigenvalue weighted by molar-refractivity contribution is -0.117. The van der Waals surface area contributed by atoms with Gasteiger partial charge in [-0.2, -0.15) is 0 Å². The van der Waals surface area contributed by atoms with Crippen molar-refractivity contribution in [2.75, 3.05) is 11.1 Å². The van der Waals surface area contributed by atoms with Crippen LogP contribution < -0.4 is 16.4 Å². The fourth-order valence-electron chi connectivity index (χ4n) is 3.16. The number of nitrogens with zero attached hydrogens (tertiary/aromatic N) is 2. The molecule has 6 nitrogen and oxygen atoms in total. The molecule has 0 saturated carbocycles. The first kappa shape index (κ1) is 19.0. The largest absolute Gasteiger partial charge is 0.384 e. The van der Waals surface area contributed by atoms with Crippen molar-refractivity contribution >= 4 is 34.5 Å². The molecular formula is C20H23N5OS. The number of anilines is 2. The van der Waals surface area contributed by atoms with Crippen LogP contribution in [0.5, 0.6) is 0 Å². The number of hydrogen-bond donors (Lipinski definition) is 3. The number of Topliss-reactive ketones (excluding diaryl/α,β-unsaturated/α-hetero) is 1. The third kappa shape index (κ3) is 4.89. The van der Waals surface area contributed by atoms with Gasteiger partial charge in [0.15, 0.2) is 5.78 Å². The molecule has 1 aromatic heterocycles. The summed E-state index contributed by atoms with van der Waals surface area (Å²) in [7, 11) is 0. The smallest absolute Gasteiger partial charge is 0.168 e. The van der Waals surface area contributed by atoms with Crippen LogP contribution in [0.2, 0.25) is 0 Å². The van der Waals surface area contributed by atoms with Gasteiger partial charge in [0, 0.05) is 23.9 Å². The Bertz CT molecular complexity index is 892. The van der Waals surface area contributed by atoms with Crippen LogP contribution in [-0.2, 0) is 11.3 Å². The van der Waals surface area contributed by atoms with Crippen LogP contribution in [0.4, 0.5) is 11.5 Å². The zero-order valence-electron chi connectivity index (χ0n) is 15.5. The summed E-state index contributed by atoms with van der Waals surface area (Å²) >= 11 is 5.56. The van der Waals surface area contributed by atoms with Crippen LogP contribution in [0.1, 0.15) is 32.4 Å². The Morgan fingerprint density at radius 1 is 1.22 bits per heavy atom. The highest BCUT2D eigenvalue weighted by atomic mass is 32.1. The number of nitrogens with two attached hydrogens (primary N) is 1. The van der Waals surface area contributed by atoms with Gasteiger partial charge < -0.3 is 16.4 Å². The Morgan fingerprint density at radius 2 is 1.96 bits per heavy atom. The van der Waals surface area contributed by atoms with Crippen molar-refractivity contribution in [1.29, 1.82) is 0 Å². The van der Waals surface area contributed by atoms with Crippen LogP contribution in [0, 0.1) is 5.41 Å². The number of aromatic nitrogens is 2. The van der Waals surface area contributed by atoms with E-state index in [0.717, 1.165) is 23.5 Å². The minimum Gasteiger partial charge on any atom is -0.384 e. The highest BCUT2D eigenvalue weighted by Gasteiger charge is 2.34. The van der Waals surface area contributed by atoms with E-state index in [1.165, 1.54) is 6.33 Å². The van der Waals surface area contributed by atoms with Gasteiger partial charge in [-0.25, -0.2) is 9.97 Å². The van der Waals surface area contributed by atoms with Gasteiger partial charge in [-0.1, -0.05) is 44.3 Å². The number of rotatable bonds is 5. The Kier molecular flexibility index (Phi) is 5.51. The molecule has 7 heteroatoms. The van der Waals surface area contributed by atoms with Gasteiger partial charge in [0.2, 0.25) is 0 Å². The fourth-order valence-corrected chi connectivity index (χ4v) is 3.51. The summed E-state index contributed by atoms with van der Waals surface area (Å²) in [4.78, 5) is 21.4. The van der Waals surface area contributed by atoms with Crippen LogP contribution >= 0.6 is 12.2 Å². The van der Waals surface area contributed by atoms with E-state index in [1.54, 1.807) is 6.07 Å². The number of para-hydroxylation sites is 1. The Balaban J connectivity index is 1.86. The van der Waals surface area contributed by atoms with Gasteiger partial charge in [-0.3, -0.25) is 4.79 Å². The number of carbonyl (C=O) groups excluding carboxylic acids is 1. The van der Waals surface area contributed by atoms with E-state index in [1.807, 2.05) is 30.3 Å². The molecule has 2 aromatic rings. The second-order valence-corrected chi connectivity index (χ2v) is 7.81. The van der Waals surface area contributed by atoms with Crippen molar-refractivity contribution in [2.45, 2.75) is 33.2 Å². The van der Waals surface area contributed by atoms with Crippen LogP contribution in [-0.4, -0.2) is 20.7 Å². The molecule has 0 saturated heterocycles. The van der Waals surface area contributed by atoms with E-state index in [0.29, 0.717) is 29.3 Å². The first-order chi connectivity index (χ1) is 12.8. The molecule has 1 aliphatic rings. The molecule has 140 valence electrons. The van der Waals surface area contributed by atoms with Crippen molar-refractivity contribution in [1.82, 2.24) is 15.3 Å². The summed E-state index contributed by atoms with van der Waals surface area (Å²) in [6.45, 7) is 4.61. The van der Waals surface area contributed by atoms with Crippen molar-refractivity contribution in [2.24, 2.45) is 5.41 Å². The zero-order chi connectivity index (χ0) is 19.4.